The molecule has 0 bridgehead atoms. The molecule has 0 spiro atoms. The van der Waals surface area contributed by atoms with Crippen LogP contribution in [-0.4, -0.2) is 15.9 Å². The van der Waals surface area contributed by atoms with E-state index in [4.69, 9.17) is 0 Å². The molecule has 0 aliphatic heterocycles. The molecule has 2 N–H and O–H groups in total. The molecule has 80 valence electrons. The molecule has 1 heterocycles. The van der Waals surface area contributed by atoms with E-state index in [9.17, 15) is 4.79 Å². The van der Waals surface area contributed by atoms with Crippen molar-refractivity contribution in [3.8, 4) is 0 Å². The maximum Gasteiger partial charge on any atom is 0.246 e. The number of carbonyl (C=O) groups excluding carboxylic acids is 1. The minimum atomic E-state index is -0.156. The number of aromatic nitrogens is 2. The van der Waals surface area contributed by atoms with Crippen molar-refractivity contribution in [3.05, 3.63) is 42.5 Å². The van der Waals surface area contributed by atoms with E-state index >= 15 is 0 Å². The van der Waals surface area contributed by atoms with Gasteiger partial charge in [-0.1, -0.05) is 12.7 Å². The zero-order chi connectivity index (χ0) is 11.3. The summed E-state index contributed by atoms with van der Waals surface area (Å²) in [5.41, 5.74) is 1.48. The molecule has 0 aromatic carbocycles. The number of hydrogen-bond donors (Lipinski definition) is 2. The van der Waals surface area contributed by atoms with E-state index in [0.29, 0.717) is 12.1 Å². The van der Waals surface area contributed by atoms with Crippen LogP contribution in [0.25, 0.3) is 0 Å². The molecular formula is C11H15N3O. The van der Waals surface area contributed by atoms with Crippen LogP contribution in [0.4, 0.5) is 0 Å². The maximum absolute atomic E-state index is 11.2. The fourth-order valence-corrected chi connectivity index (χ4v) is 1.07. The fraction of sp³-hybridized carbons (Fsp3) is 0.273. The summed E-state index contributed by atoms with van der Waals surface area (Å²) in [5, 5.41) is 2.70. The molecule has 0 radical (unpaired) electrons. The highest BCUT2D eigenvalue weighted by molar-refractivity contribution is 5.91. The Kier molecular flexibility index (Phi) is 3.85. The molecule has 1 aromatic rings. The zero-order valence-electron chi connectivity index (χ0n) is 8.84. The number of H-pyrrole nitrogens is 1. The molecule has 4 nitrogen and oxygen atoms in total. The topological polar surface area (TPSA) is 57.8 Å². The highest BCUT2D eigenvalue weighted by Gasteiger charge is 2.03. The Morgan fingerprint density at radius 1 is 1.73 bits per heavy atom. The van der Waals surface area contributed by atoms with Crippen molar-refractivity contribution in [2.24, 2.45) is 0 Å². The molecule has 0 saturated carbocycles. The molecule has 0 fully saturated rings. The Balaban J connectivity index is 2.47. The number of aromatic amines is 1. The van der Waals surface area contributed by atoms with Gasteiger partial charge >= 0.3 is 0 Å². The first-order chi connectivity index (χ1) is 7.13. The second kappa shape index (κ2) is 5.14. The molecule has 0 aliphatic carbocycles. The number of nitrogens with one attached hydrogen (secondary N) is 2. The molecule has 0 atom stereocenters. The lowest BCUT2D eigenvalue weighted by Gasteiger charge is -2.01. The minimum Gasteiger partial charge on any atom is -0.345 e. The van der Waals surface area contributed by atoms with Crippen LogP contribution in [0.15, 0.2) is 31.0 Å². The Morgan fingerprint density at radius 2 is 2.47 bits per heavy atom. The SMILES string of the molecule is C=CCc1cnc(CNC(=O)C(=C)C)[nH]1. The van der Waals surface area contributed by atoms with Crippen molar-refractivity contribution in [2.45, 2.75) is 19.9 Å². The van der Waals surface area contributed by atoms with Crippen LogP contribution in [0, 0.1) is 0 Å². The predicted molar refractivity (Wildman–Crippen MR) is 59.1 cm³/mol. The summed E-state index contributed by atoms with van der Waals surface area (Å²) in [6.45, 7) is 9.24. The third-order valence-corrected chi connectivity index (χ3v) is 1.85. The van der Waals surface area contributed by atoms with Crippen LogP contribution in [0.3, 0.4) is 0 Å². The number of rotatable bonds is 5. The molecule has 0 saturated heterocycles. The van der Waals surface area contributed by atoms with E-state index in [-0.39, 0.29) is 5.91 Å². The van der Waals surface area contributed by atoms with Gasteiger partial charge in [-0.3, -0.25) is 4.79 Å². The molecule has 1 amide bonds. The van der Waals surface area contributed by atoms with Gasteiger partial charge in [-0.05, 0) is 6.92 Å². The summed E-state index contributed by atoms with van der Waals surface area (Å²) in [6.07, 6.45) is 4.29. The average molecular weight is 205 g/mol. The molecular weight excluding hydrogens is 190 g/mol. The number of hydrogen-bond acceptors (Lipinski definition) is 2. The summed E-state index contributed by atoms with van der Waals surface area (Å²) in [5.74, 6) is 0.582. The summed E-state index contributed by atoms with van der Waals surface area (Å²) < 4.78 is 0. The van der Waals surface area contributed by atoms with Gasteiger partial charge in [0.1, 0.15) is 5.82 Å². The number of allylic oxidation sites excluding steroid dienone is 1. The maximum atomic E-state index is 11.2. The highest BCUT2D eigenvalue weighted by Crippen LogP contribution is 1.98. The normalized spacial score (nSPS) is 9.67. The zero-order valence-corrected chi connectivity index (χ0v) is 8.84. The second-order valence-corrected chi connectivity index (χ2v) is 3.31. The van der Waals surface area contributed by atoms with Crippen LogP contribution in [-0.2, 0) is 17.8 Å². The second-order valence-electron chi connectivity index (χ2n) is 3.31. The fourth-order valence-electron chi connectivity index (χ4n) is 1.07. The van der Waals surface area contributed by atoms with Gasteiger partial charge in [0.25, 0.3) is 0 Å². The molecule has 4 heteroatoms. The van der Waals surface area contributed by atoms with E-state index in [1.54, 1.807) is 19.2 Å². The van der Waals surface area contributed by atoms with Gasteiger partial charge in [-0.2, -0.15) is 0 Å². The van der Waals surface area contributed by atoms with Crippen molar-refractivity contribution in [3.63, 3.8) is 0 Å². The van der Waals surface area contributed by atoms with Crippen LogP contribution < -0.4 is 5.32 Å². The van der Waals surface area contributed by atoms with Crippen LogP contribution in [0.1, 0.15) is 18.4 Å². The van der Waals surface area contributed by atoms with E-state index in [2.05, 4.69) is 28.4 Å². The highest BCUT2D eigenvalue weighted by atomic mass is 16.1. The standard InChI is InChI=1S/C11H15N3O/c1-4-5-9-6-12-10(14-9)7-13-11(15)8(2)3/h4,6H,1-2,5,7H2,3H3,(H,12,14)(H,13,15). The van der Waals surface area contributed by atoms with Gasteiger partial charge in [0.05, 0.1) is 6.54 Å². The average Bonchev–Trinajstić information content (AvgIpc) is 2.62. The number of amides is 1. The largest absolute Gasteiger partial charge is 0.345 e. The van der Waals surface area contributed by atoms with Crippen molar-refractivity contribution < 1.29 is 4.79 Å². The van der Waals surface area contributed by atoms with E-state index in [1.165, 1.54) is 0 Å². The molecule has 1 rings (SSSR count). The van der Waals surface area contributed by atoms with Gasteiger partial charge < -0.3 is 10.3 Å². The van der Waals surface area contributed by atoms with E-state index < -0.39 is 0 Å². The van der Waals surface area contributed by atoms with Gasteiger partial charge in [-0.15, -0.1) is 6.58 Å². The molecule has 0 unspecified atom stereocenters. The summed E-state index contributed by atoms with van der Waals surface area (Å²) in [6, 6.07) is 0. The molecule has 15 heavy (non-hydrogen) atoms. The van der Waals surface area contributed by atoms with Crippen LogP contribution in [0.5, 0.6) is 0 Å². The predicted octanol–water partition coefficient (Wildman–Crippen LogP) is 1.33. The summed E-state index contributed by atoms with van der Waals surface area (Å²) in [4.78, 5) is 18.4. The van der Waals surface area contributed by atoms with E-state index in [1.807, 2.05) is 0 Å². The first-order valence-electron chi connectivity index (χ1n) is 4.71. The van der Waals surface area contributed by atoms with E-state index in [0.717, 1.165) is 17.9 Å². The van der Waals surface area contributed by atoms with Crippen LogP contribution in [0.2, 0.25) is 0 Å². The van der Waals surface area contributed by atoms with Gasteiger partial charge in [0, 0.05) is 23.9 Å². The van der Waals surface area contributed by atoms with Gasteiger partial charge in [0.15, 0.2) is 0 Å². The minimum absolute atomic E-state index is 0.156. The van der Waals surface area contributed by atoms with Crippen LogP contribution >= 0.6 is 0 Å². The Hall–Kier alpha value is -1.84. The van der Waals surface area contributed by atoms with Crippen molar-refractivity contribution in [1.82, 2.24) is 15.3 Å². The Morgan fingerprint density at radius 3 is 3.07 bits per heavy atom. The Labute approximate surface area is 89.1 Å². The first kappa shape index (κ1) is 11.2. The lowest BCUT2D eigenvalue weighted by molar-refractivity contribution is -0.117. The summed E-state index contributed by atoms with van der Waals surface area (Å²) in [7, 11) is 0. The lowest BCUT2D eigenvalue weighted by atomic mass is 10.3. The Bertz CT molecular complexity index is 379. The van der Waals surface area contributed by atoms with Crippen molar-refractivity contribution >= 4 is 5.91 Å². The third kappa shape index (κ3) is 3.42. The monoisotopic (exact) mass is 205 g/mol. The van der Waals surface area contributed by atoms with Gasteiger partial charge in [-0.25, -0.2) is 4.98 Å². The third-order valence-electron chi connectivity index (χ3n) is 1.85. The number of nitrogens with zero attached hydrogens (tertiary/aromatic N) is 1. The van der Waals surface area contributed by atoms with Gasteiger partial charge in [0.2, 0.25) is 5.91 Å². The van der Waals surface area contributed by atoms with Crippen molar-refractivity contribution in [1.29, 1.82) is 0 Å². The van der Waals surface area contributed by atoms with Crippen molar-refractivity contribution in [2.75, 3.05) is 0 Å². The summed E-state index contributed by atoms with van der Waals surface area (Å²) >= 11 is 0. The number of carbonyl (C=O) groups is 1. The first-order valence-corrected chi connectivity index (χ1v) is 4.71. The molecule has 1 aromatic heterocycles. The number of imidazole rings is 1. The smallest absolute Gasteiger partial charge is 0.246 e. The quantitative estimate of drug-likeness (QED) is 0.563. The molecule has 0 aliphatic rings. The lowest BCUT2D eigenvalue weighted by Crippen LogP contribution is -2.23.